The molecule has 0 unspecified atom stereocenters. The first-order chi connectivity index (χ1) is 16.5. The third kappa shape index (κ3) is 5.91. The Morgan fingerprint density at radius 3 is 2.24 bits per heavy atom. The van der Waals surface area contributed by atoms with Crippen molar-refractivity contribution in [1.29, 1.82) is 0 Å². The summed E-state index contributed by atoms with van der Waals surface area (Å²) in [4.78, 5) is 19.1. The quantitative estimate of drug-likeness (QED) is 0.331. The van der Waals surface area contributed by atoms with Gasteiger partial charge >= 0.3 is 0 Å². The number of aryl methyl sites for hydroxylation is 1. The molecule has 1 heterocycles. The monoisotopic (exact) mass is 469 g/mol. The second-order valence-corrected chi connectivity index (χ2v) is 9.75. The first-order valence-corrected chi connectivity index (χ1v) is 12.6. The van der Waals surface area contributed by atoms with Crippen molar-refractivity contribution < 1.29 is 4.79 Å². The summed E-state index contributed by atoms with van der Waals surface area (Å²) < 4.78 is 2.16. The summed E-state index contributed by atoms with van der Waals surface area (Å²) in [6.07, 6.45) is 0.688. The van der Waals surface area contributed by atoms with E-state index in [-0.39, 0.29) is 5.91 Å². The second-order valence-electron chi connectivity index (χ2n) is 8.92. The summed E-state index contributed by atoms with van der Waals surface area (Å²) in [6, 6.07) is 28.3. The summed E-state index contributed by atoms with van der Waals surface area (Å²) in [5.41, 5.74) is 5.52. The molecule has 0 bridgehead atoms. The number of carbonyl (C=O) groups excluding carboxylic acids is 1. The van der Waals surface area contributed by atoms with Crippen molar-refractivity contribution in [2.24, 2.45) is 10.9 Å². The molecule has 4 nitrogen and oxygen atoms in total. The fourth-order valence-electron chi connectivity index (χ4n) is 3.86. The van der Waals surface area contributed by atoms with Crippen molar-refractivity contribution >= 4 is 17.2 Å². The predicted molar refractivity (Wildman–Crippen MR) is 141 cm³/mol. The third-order valence-electron chi connectivity index (χ3n) is 5.64. The number of nitrogens with one attached hydrogen (secondary N) is 1. The second kappa shape index (κ2) is 11.1. The highest BCUT2D eigenvalue weighted by atomic mass is 32.1. The number of hydrogen-bond donors (Lipinski definition) is 1. The van der Waals surface area contributed by atoms with Gasteiger partial charge < -0.3 is 5.32 Å². The molecule has 0 saturated heterocycles. The SMILES string of the molecule is Cc1ccc(-n2c(-c3ccccc3)csc2=N[C@@H](CC(C)C)C(=O)NCc2ccccc2)cc1. The highest BCUT2D eigenvalue weighted by molar-refractivity contribution is 7.07. The van der Waals surface area contributed by atoms with Gasteiger partial charge in [-0.25, -0.2) is 4.99 Å². The largest absolute Gasteiger partial charge is 0.350 e. The van der Waals surface area contributed by atoms with Crippen LogP contribution in [-0.4, -0.2) is 16.5 Å². The van der Waals surface area contributed by atoms with Crippen LogP contribution < -0.4 is 10.1 Å². The van der Waals surface area contributed by atoms with E-state index in [1.54, 1.807) is 11.3 Å². The summed E-state index contributed by atoms with van der Waals surface area (Å²) >= 11 is 1.57. The van der Waals surface area contributed by atoms with Crippen LogP contribution in [0.2, 0.25) is 0 Å². The van der Waals surface area contributed by atoms with Crippen LogP contribution in [0.3, 0.4) is 0 Å². The van der Waals surface area contributed by atoms with E-state index in [9.17, 15) is 4.79 Å². The maximum Gasteiger partial charge on any atom is 0.245 e. The molecule has 0 saturated carbocycles. The molecule has 1 atom stereocenters. The molecule has 3 aromatic carbocycles. The Bertz CT molecular complexity index is 1270. The van der Waals surface area contributed by atoms with Gasteiger partial charge in [0.2, 0.25) is 5.91 Å². The molecular formula is C29H31N3OS. The van der Waals surface area contributed by atoms with Crippen LogP contribution in [0.5, 0.6) is 0 Å². The van der Waals surface area contributed by atoms with E-state index in [2.05, 4.69) is 72.4 Å². The van der Waals surface area contributed by atoms with Crippen LogP contribution in [0.1, 0.15) is 31.4 Å². The topological polar surface area (TPSA) is 46.4 Å². The van der Waals surface area contributed by atoms with E-state index in [0.29, 0.717) is 18.9 Å². The van der Waals surface area contributed by atoms with Crippen LogP contribution in [0.25, 0.3) is 16.9 Å². The zero-order valence-electron chi connectivity index (χ0n) is 19.9. The molecule has 4 rings (SSSR count). The van der Waals surface area contributed by atoms with Crippen LogP contribution in [-0.2, 0) is 11.3 Å². The molecule has 4 aromatic rings. The third-order valence-corrected chi connectivity index (χ3v) is 6.48. The van der Waals surface area contributed by atoms with Crippen LogP contribution >= 0.6 is 11.3 Å². The zero-order valence-corrected chi connectivity index (χ0v) is 20.8. The Morgan fingerprint density at radius 2 is 1.59 bits per heavy atom. The predicted octanol–water partition coefficient (Wildman–Crippen LogP) is 6.15. The molecule has 1 aromatic heterocycles. The Hall–Kier alpha value is -3.44. The molecule has 0 radical (unpaired) electrons. The van der Waals surface area contributed by atoms with Gasteiger partial charge in [0.1, 0.15) is 6.04 Å². The van der Waals surface area contributed by atoms with Gasteiger partial charge in [0.05, 0.1) is 5.69 Å². The molecule has 174 valence electrons. The number of rotatable bonds is 8. The molecule has 5 heteroatoms. The molecule has 0 fully saturated rings. The van der Waals surface area contributed by atoms with Gasteiger partial charge in [-0.2, -0.15) is 0 Å². The van der Waals surface area contributed by atoms with E-state index in [1.807, 2.05) is 48.5 Å². The summed E-state index contributed by atoms with van der Waals surface area (Å²) in [5, 5.41) is 5.22. The Labute approximate surface area is 205 Å². The van der Waals surface area contributed by atoms with E-state index in [4.69, 9.17) is 4.99 Å². The number of hydrogen-bond acceptors (Lipinski definition) is 3. The lowest BCUT2D eigenvalue weighted by Gasteiger charge is -2.16. The highest BCUT2D eigenvalue weighted by Crippen LogP contribution is 2.24. The number of thiazole rings is 1. The molecule has 0 aliphatic carbocycles. The first-order valence-electron chi connectivity index (χ1n) is 11.7. The van der Waals surface area contributed by atoms with Gasteiger partial charge in [-0.15, -0.1) is 11.3 Å². The van der Waals surface area contributed by atoms with Crippen molar-refractivity contribution in [3.05, 3.63) is 106 Å². The average molecular weight is 470 g/mol. The van der Waals surface area contributed by atoms with Crippen molar-refractivity contribution in [3.8, 4) is 16.9 Å². The molecule has 0 aliphatic heterocycles. The van der Waals surface area contributed by atoms with Gasteiger partial charge in [0, 0.05) is 17.6 Å². The van der Waals surface area contributed by atoms with Crippen molar-refractivity contribution in [3.63, 3.8) is 0 Å². The van der Waals surface area contributed by atoms with Crippen molar-refractivity contribution in [2.45, 2.75) is 39.8 Å². The lowest BCUT2D eigenvalue weighted by atomic mass is 10.0. The maximum absolute atomic E-state index is 13.2. The van der Waals surface area contributed by atoms with E-state index in [0.717, 1.165) is 27.3 Å². The minimum absolute atomic E-state index is 0.0392. The molecule has 1 amide bonds. The standard InChI is InChI=1S/C29H31N3OS/c1-21(2)18-26(28(33)30-19-23-10-6-4-7-11-23)31-29-32(25-16-14-22(3)15-17-25)27(20-34-29)24-12-8-5-9-13-24/h4-17,20-21,26H,18-19H2,1-3H3,(H,30,33)/t26-/m0/s1. The molecule has 1 N–H and O–H groups in total. The number of nitrogens with zero attached hydrogens (tertiary/aromatic N) is 2. The molecular weight excluding hydrogens is 438 g/mol. The van der Waals surface area contributed by atoms with E-state index >= 15 is 0 Å². The number of amides is 1. The zero-order chi connectivity index (χ0) is 23.9. The number of aromatic nitrogens is 1. The Kier molecular flexibility index (Phi) is 7.76. The average Bonchev–Trinajstić information content (AvgIpc) is 3.27. The normalized spacial score (nSPS) is 12.6. The van der Waals surface area contributed by atoms with Gasteiger partial charge in [-0.1, -0.05) is 92.2 Å². The lowest BCUT2D eigenvalue weighted by Crippen LogP contribution is -2.35. The lowest BCUT2D eigenvalue weighted by molar-refractivity contribution is -0.122. The van der Waals surface area contributed by atoms with E-state index < -0.39 is 6.04 Å². The molecule has 34 heavy (non-hydrogen) atoms. The maximum atomic E-state index is 13.2. The molecule has 0 spiro atoms. The first kappa shape index (κ1) is 23.7. The van der Waals surface area contributed by atoms with Crippen molar-refractivity contribution in [1.82, 2.24) is 9.88 Å². The fraction of sp³-hybridized carbons (Fsp3) is 0.241. The number of benzene rings is 3. The summed E-state index contributed by atoms with van der Waals surface area (Å²) in [5.74, 6) is 0.306. The van der Waals surface area contributed by atoms with Gasteiger partial charge in [0.25, 0.3) is 0 Å². The summed E-state index contributed by atoms with van der Waals surface area (Å²) in [6.45, 7) is 6.85. The van der Waals surface area contributed by atoms with Crippen LogP contribution in [0.4, 0.5) is 0 Å². The van der Waals surface area contributed by atoms with Gasteiger partial charge in [-0.05, 0) is 42.5 Å². The van der Waals surface area contributed by atoms with Crippen molar-refractivity contribution in [2.75, 3.05) is 0 Å². The van der Waals surface area contributed by atoms with Crippen LogP contribution in [0.15, 0.2) is 95.3 Å². The molecule has 0 aliphatic rings. The van der Waals surface area contributed by atoms with E-state index in [1.165, 1.54) is 5.56 Å². The van der Waals surface area contributed by atoms with Crippen LogP contribution in [0, 0.1) is 12.8 Å². The van der Waals surface area contributed by atoms with Gasteiger partial charge in [-0.3, -0.25) is 9.36 Å². The Morgan fingerprint density at radius 1 is 0.941 bits per heavy atom. The Balaban J connectivity index is 1.74. The minimum atomic E-state index is -0.456. The minimum Gasteiger partial charge on any atom is -0.350 e. The number of carbonyl (C=O) groups is 1. The smallest absolute Gasteiger partial charge is 0.245 e. The fourth-order valence-corrected chi connectivity index (χ4v) is 4.81. The highest BCUT2D eigenvalue weighted by Gasteiger charge is 2.20. The van der Waals surface area contributed by atoms with Gasteiger partial charge in [0.15, 0.2) is 4.80 Å². The summed E-state index contributed by atoms with van der Waals surface area (Å²) in [7, 11) is 0.